The van der Waals surface area contributed by atoms with Crippen molar-refractivity contribution < 1.29 is 0 Å². The van der Waals surface area contributed by atoms with Crippen molar-refractivity contribution in [3.05, 3.63) is 121 Å². The SMILES string of the molecule is CCP(=S)(c1ccccc1)c1ccccc1.CP(=S)(c1ccccc1)c1ccccc1. The van der Waals surface area contributed by atoms with Crippen molar-refractivity contribution in [1.82, 2.24) is 0 Å². The minimum absolute atomic E-state index is 1.04. The zero-order valence-electron chi connectivity index (χ0n) is 18.0. The van der Waals surface area contributed by atoms with Crippen LogP contribution < -0.4 is 21.2 Å². The van der Waals surface area contributed by atoms with Crippen LogP contribution in [0.25, 0.3) is 0 Å². The normalized spacial score (nSPS) is 11.3. The van der Waals surface area contributed by atoms with E-state index in [4.69, 9.17) is 23.6 Å². The predicted octanol–water partition coefficient (Wildman–Crippen LogP) is 5.88. The van der Waals surface area contributed by atoms with E-state index in [9.17, 15) is 0 Å². The Kier molecular flexibility index (Phi) is 8.58. The highest BCUT2D eigenvalue weighted by atomic mass is 32.4. The molecule has 0 unspecified atom stereocenters. The Hall–Kier alpha value is -1.82. The lowest BCUT2D eigenvalue weighted by Crippen LogP contribution is -2.16. The van der Waals surface area contributed by atoms with Crippen LogP contribution in [0.4, 0.5) is 0 Å². The first-order chi connectivity index (χ1) is 15.0. The monoisotopic (exact) mass is 478 g/mol. The zero-order valence-corrected chi connectivity index (χ0v) is 21.4. The molecule has 0 aliphatic rings. The van der Waals surface area contributed by atoms with Crippen molar-refractivity contribution in [2.75, 3.05) is 12.8 Å². The van der Waals surface area contributed by atoms with E-state index in [1.807, 2.05) is 24.3 Å². The van der Waals surface area contributed by atoms with Crippen LogP contribution in [0.1, 0.15) is 6.92 Å². The smallest absolute Gasteiger partial charge is 0.0103 e. The van der Waals surface area contributed by atoms with Gasteiger partial charge in [-0.05, 0) is 34.0 Å². The van der Waals surface area contributed by atoms with Gasteiger partial charge in [0.15, 0.2) is 0 Å². The highest BCUT2D eigenvalue weighted by Gasteiger charge is 2.19. The molecule has 0 saturated heterocycles. The van der Waals surface area contributed by atoms with E-state index in [0.29, 0.717) is 0 Å². The Morgan fingerprint density at radius 2 is 0.742 bits per heavy atom. The lowest BCUT2D eigenvalue weighted by Gasteiger charge is -2.21. The van der Waals surface area contributed by atoms with Crippen LogP contribution in [-0.2, 0) is 23.6 Å². The molecule has 0 amide bonds. The molecule has 0 bridgehead atoms. The molecule has 0 aliphatic carbocycles. The molecule has 0 saturated carbocycles. The van der Waals surface area contributed by atoms with Gasteiger partial charge in [0.2, 0.25) is 0 Å². The summed E-state index contributed by atoms with van der Waals surface area (Å²) in [6.07, 6.45) is 1.04. The fourth-order valence-corrected chi connectivity index (χ4v) is 9.00. The van der Waals surface area contributed by atoms with Crippen LogP contribution in [-0.4, -0.2) is 12.8 Å². The first kappa shape index (κ1) is 23.8. The summed E-state index contributed by atoms with van der Waals surface area (Å²) in [6, 6.07) is 38.8. The Labute approximate surface area is 197 Å². The topological polar surface area (TPSA) is 0 Å². The first-order valence-corrected chi connectivity index (χ1v) is 16.6. The summed E-state index contributed by atoms with van der Waals surface area (Å²) < 4.78 is 0. The van der Waals surface area contributed by atoms with E-state index in [0.717, 1.165) is 6.16 Å². The van der Waals surface area contributed by atoms with Crippen LogP contribution in [0.2, 0.25) is 0 Å². The van der Waals surface area contributed by atoms with Gasteiger partial charge in [-0.15, -0.1) is 0 Å². The van der Waals surface area contributed by atoms with E-state index in [1.165, 1.54) is 21.2 Å². The number of rotatable bonds is 5. The van der Waals surface area contributed by atoms with Crippen molar-refractivity contribution >= 4 is 56.9 Å². The summed E-state index contributed by atoms with van der Waals surface area (Å²) in [7, 11) is 0. The van der Waals surface area contributed by atoms with Crippen molar-refractivity contribution in [2.24, 2.45) is 0 Å². The zero-order chi connectivity index (χ0) is 22.2. The second kappa shape index (κ2) is 11.2. The summed E-state index contributed by atoms with van der Waals surface area (Å²) in [5.74, 6) is 0. The Morgan fingerprint density at radius 1 is 0.484 bits per heavy atom. The van der Waals surface area contributed by atoms with Gasteiger partial charge >= 0.3 is 0 Å². The lowest BCUT2D eigenvalue weighted by molar-refractivity contribution is 1.50. The van der Waals surface area contributed by atoms with Crippen molar-refractivity contribution in [1.29, 1.82) is 0 Å². The Bertz CT molecular complexity index is 1070. The van der Waals surface area contributed by atoms with E-state index in [2.05, 4.69) is 111 Å². The molecule has 0 fully saturated rings. The third-order valence-corrected chi connectivity index (χ3v) is 14.3. The molecular weight excluding hydrogens is 450 g/mol. The first-order valence-electron chi connectivity index (χ1n) is 10.4. The molecule has 4 rings (SSSR count). The molecule has 0 aliphatic heterocycles. The van der Waals surface area contributed by atoms with E-state index >= 15 is 0 Å². The molecule has 31 heavy (non-hydrogen) atoms. The second-order valence-corrected chi connectivity index (χ2v) is 17.4. The van der Waals surface area contributed by atoms with Crippen LogP contribution in [0.5, 0.6) is 0 Å². The maximum atomic E-state index is 5.95. The summed E-state index contributed by atoms with van der Waals surface area (Å²) in [5.41, 5.74) is 0. The van der Waals surface area contributed by atoms with Gasteiger partial charge in [-0.3, -0.25) is 0 Å². The Balaban J connectivity index is 0.000000176. The maximum absolute atomic E-state index is 5.95. The predicted molar refractivity (Wildman–Crippen MR) is 149 cm³/mol. The van der Waals surface area contributed by atoms with E-state index < -0.39 is 12.1 Å². The van der Waals surface area contributed by atoms with Crippen LogP contribution in [0.15, 0.2) is 121 Å². The summed E-state index contributed by atoms with van der Waals surface area (Å²) in [4.78, 5) is 0. The molecule has 158 valence electrons. The summed E-state index contributed by atoms with van der Waals surface area (Å²) >= 11 is 11.7. The van der Waals surface area contributed by atoms with Gasteiger partial charge in [0.05, 0.1) is 0 Å². The van der Waals surface area contributed by atoms with Gasteiger partial charge in [-0.25, -0.2) is 0 Å². The molecule has 0 nitrogen and oxygen atoms in total. The van der Waals surface area contributed by atoms with Gasteiger partial charge < -0.3 is 0 Å². The number of hydrogen-bond donors (Lipinski definition) is 0. The number of hydrogen-bond acceptors (Lipinski definition) is 2. The summed E-state index contributed by atoms with van der Waals surface area (Å²) in [5, 5.41) is 5.20. The largest absolute Gasteiger partial charge is 0.0879 e. The minimum Gasteiger partial charge on any atom is -0.0879 e. The van der Waals surface area contributed by atoms with Crippen LogP contribution in [0, 0.1) is 0 Å². The van der Waals surface area contributed by atoms with Crippen molar-refractivity contribution in [2.45, 2.75) is 6.92 Å². The van der Waals surface area contributed by atoms with E-state index in [-0.39, 0.29) is 0 Å². The quantitative estimate of drug-likeness (QED) is 0.329. The molecule has 0 atom stereocenters. The van der Waals surface area contributed by atoms with Gasteiger partial charge in [-0.1, -0.05) is 152 Å². The molecular formula is C27H28P2S2. The average molecular weight is 479 g/mol. The molecule has 0 spiro atoms. The van der Waals surface area contributed by atoms with Crippen LogP contribution >= 0.6 is 12.1 Å². The molecule has 0 aromatic heterocycles. The van der Waals surface area contributed by atoms with Gasteiger partial charge in [0.25, 0.3) is 0 Å². The second-order valence-electron chi connectivity index (χ2n) is 7.32. The number of benzene rings is 4. The maximum Gasteiger partial charge on any atom is 0.0103 e. The minimum atomic E-state index is -1.57. The van der Waals surface area contributed by atoms with Crippen molar-refractivity contribution in [3.63, 3.8) is 0 Å². The molecule has 4 aromatic rings. The molecule has 4 heteroatoms. The third kappa shape index (κ3) is 5.91. The third-order valence-electron chi connectivity index (χ3n) is 5.29. The molecule has 0 radical (unpaired) electrons. The highest BCUT2D eigenvalue weighted by Crippen LogP contribution is 2.42. The molecule has 4 aromatic carbocycles. The summed E-state index contributed by atoms with van der Waals surface area (Å²) in [6.45, 7) is 4.38. The van der Waals surface area contributed by atoms with Crippen LogP contribution in [0.3, 0.4) is 0 Å². The van der Waals surface area contributed by atoms with Gasteiger partial charge in [0, 0.05) is 12.1 Å². The molecule has 0 N–H and O–H groups in total. The fraction of sp³-hybridized carbons (Fsp3) is 0.111. The fourth-order valence-electron chi connectivity index (χ4n) is 3.43. The average Bonchev–Trinajstić information content (AvgIpc) is 2.86. The highest BCUT2D eigenvalue weighted by molar-refractivity contribution is 8.22. The Morgan fingerprint density at radius 3 is 1.00 bits per heavy atom. The lowest BCUT2D eigenvalue weighted by atomic mass is 10.4. The van der Waals surface area contributed by atoms with Crippen molar-refractivity contribution in [3.8, 4) is 0 Å². The van der Waals surface area contributed by atoms with Gasteiger partial charge in [0.1, 0.15) is 0 Å². The van der Waals surface area contributed by atoms with Gasteiger partial charge in [-0.2, -0.15) is 0 Å². The van der Waals surface area contributed by atoms with E-state index in [1.54, 1.807) is 0 Å². The standard InChI is InChI=1S/C14H15PS.C13H13PS/c1-2-15(16,13-9-5-3-6-10-13)14-11-7-4-8-12-14;1-14(15,12-8-4-2-5-9-12)13-10-6-3-7-11-13/h3-12H,2H2,1H3;2-11H,1H3. The molecule has 0 heterocycles.